The van der Waals surface area contributed by atoms with Gasteiger partial charge in [0.1, 0.15) is 11.5 Å². The maximum absolute atomic E-state index is 12.8. The number of aryl methyl sites for hydroxylation is 1. The summed E-state index contributed by atoms with van der Waals surface area (Å²) in [5, 5.41) is 2.62. The molecule has 9 heteroatoms. The highest BCUT2D eigenvalue weighted by Gasteiger charge is 2.30. The lowest BCUT2D eigenvalue weighted by molar-refractivity contribution is -0.137. The maximum atomic E-state index is 12.8. The minimum Gasteiger partial charge on any atom is -0.457 e. The van der Waals surface area contributed by atoms with Crippen LogP contribution < -0.4 is 14.8 Å². The molecule has 1 aromatic heterocycles. The average Bonchev–Trinajstić information content (AvgIpc) is 2.70. The van der Waals surface area contributed by atoms with E-state index in [0.717, 1.165) is 12.1 Å². The van der Waals surface area contributed by atoms with Gasteiger partial charge in [-0.25, -0.2) is 4.98 Å². The minimum atomic E-state index is -4.47. The second-order valence-electron chi connectivity index (χ2n) is 6.51. The van der Waals surface area contributed by atoms with Gasteiger partial charge in [-0.2, -0.15) is 13.2 Å². The van der Waals surface area contributed by atoms with Crippen molar-refractivity contribution in [3.63, 3.8) is 0 Å². The molecule has 0 bridgehead atoms. The van der Waals surface area contributed by atoms with Gasteiger partial charge in [0.05, 0.1) is 5.56 Å². The van der Waals surface area contributed by atoms with Gasteiger partial charge in [0, 0.05) is 18.8 Å². The second-order valence-corrected chi connectivity index (χ2v) is 6.51. The predicted molar refractivity (Wildman–Crippen MR) is 106 cm³/mol. The molecule has 3 rings (SSSR count). The summed E-state index contributed by atoms with van der Waals surface area (Å²) in [5.74, 6) is -0.794. The number of hydrogen-bond acceptors (Lipinski definition) is 5. The molecule has 0 spiro atoms. The van der Waals surface area contributed by atoms with Crippen molar-refractivity contribution in [2.45, 2.75) is 20.0 Å². The first-order valence-corrected chi connectivity index (χ1v) is 9.04. The van der Waals surface area contributed by atoms with Crippen LogP contribution in [0.25, 0.3) is 0 Å². The molecule has 6 nitrogen and oxygen atoms in total. The molecule has 1 heterocycles. The average molecular weight is 430 g/mol. The van der Waals surface area contributed by atoms with Gasteiger partial charge in [-0.1, -0.05) is 6.07 Å². The molecule has 0 unspecified atom stereocenters. The van der Waals surface area contributed by atoms with E-state index in [1.807, 2.05) is 0 Å². The molecule has 0 radical (unpaired) electrons. The summed E-state index contributed by atoms with van der Waals surface area (Å²) in [6.07, 6.45) is -3.05. The number of carbonyl (C=O) groups is 2. The maximum Gasteiger partial charge on any atom is 0.416 e. The van der Waals surface area contributed by atoms with Crippen molar-refractivity contribution in [2.75, 3.05) is 5.32 Å². The normalized spacial score (nSPS) is 11.0. The molecule has 0 aliphatic carbocycles. The van der Waals surface area contributed by atoms with E-state index >= 15 is 0 Å². The second kappa shape index (κ2) is 8.86. The number of rotatable bonds is 5. The summed E-state index contributed by atoms with van der Waals surface area (Å²) in [6, 6.07) is 12.1. The number of aromatic nitrogens is 1. The van der Waals surface area contributed by atoms with Crippen LogP contribution in [0.5, 0.6) is 17.2 Å². The van der Waals surface area contributed by atoms with Crippen LogP contribution in [0.15, 0.2) is 60.8 Å². The number of anilines is 1. The molecule has 160 valence electrons. The first kappa shape index (κ1) is 21.8. The fourth-order valence-electron chi connectivity index (χ4n) is 2.65. The zero-order valence-corrected chi connectivity index (χ0v) is 16.5. The molecular formula is C22H17F3N2O4. The third kappa shape index (κ3) is 5.59. The molecule has 2 aromatic carbocycles. The zero-order valence-electron chi connectivity index (χ0n) is 16.5. The first-order valence-electron chi connectivity index (χ1n) is 9.04. The number of nitrogens with zero attached hydrogens (tertiary/aromatic N) is 1. The number of alkyl halides is 3. The Morgan fingerprint density at radius 2 is 1.71 bits per heavy atom. The molecule has 0 saturated carbocycles. The summed E-state index contributed by atoms with van der Waals surface area (Å²) in [6.45, 7) is 2.90. The van der Waals surface area contributed by atoms with E-state index in [2.05, 4.69) is 10.3 Å². The number of ether oxygens (including phenoxy) is 2. The Bertz CT molecular complexity index is 1110. The van der Waals surface area contributed by atoms with E-state index in [0.29, 0.717) is 11.3 Å². The van der Waals surface area contributed by atoms with Crippen LogP contribution in [-0.4, -0.2) is 16.9 Å². The van der Waals surface area contributed by atoms with Crippen molar-refractivity contribution in [1.82, 2.24) is 4.98 Å². The summed E-state index contributed by atoms with van der Waals surface area (Å²) >= 11 is 0. The van der Waals surface area contributed by atoms with Gasteiger partial charge in [0.2, 0.25) is 0 Å². The van der Waals surface area contributed by atoms with Crippen LogP contribution in [-0.2, 0) is 11.0 Å². The molecule has 0 saturated heterocycles. The van der Waals surface area contributed by atoms with E-state index in [9.17, 15) is 22.8 Å². The van der Waals surface area contributed by atoms with E-state index in [1.165, 1.54) is 49.5 Å². The molecule has 31 heavy (non-hydrogen) atoms. The SMILES string of the molecule is CC(=O)Oc1c(C)ccnc1C(=O)Nc1ccc(Oc2cccc(C(F)(F)F)c2)cc1. The third-order valence-electron chi connectivity index (χ3n) is 4.07. The summed E-state index contributed by atoms with van der Waals surface area (Å²) in [7, 11) is 0. The standard InChI is InChI=1S/C22H17F3N2O4/c1-13-10-11-26-19(20(13)30-14(2)28)21(29)27-16-6-8-17(9-7-16)31-18-5-3-4-15(12-18)22(23,24)25/h3-12H,1-2H3,(H,27,29). The number of nitrogens with one attached hydrogen (secondary N) is 1. The molecule has 3 aromatic rings. The highest BCUT2D eigenvalue weighted by Crippen LogP contribution is 2.33. The monoisotopic (exact) mass is 430 g/mol. The number of benzene rings is 2. The summed E-state index contributed by atoms with van der Waals surface area (Å²) in [5.41, 5.74) is 0.0845. The van der Waals surface area contributed by atoms with Crippen molar-refractivity contribution in [3.05, 3.63) is 77.6 Å². The van der Waals surface area contributed by atoms with Crippen LogP contribution in [0, 0.1) is 6.92 Å². The van der Waals surface area contributed by atoms with Gasteiger partial charge in [-0.3, -0.25) is 9.59 Å². The highest BCUT2D eigenvalue weighted by atomic mass is 19.4. The lowest BCUT2D eigenvalue weighted by Gasteiger charge is -2.12. The fourth-order valence-corrected chi connectivity index (χ4v) is 2.65. The van der Waals surface area contributed by atoms with E-state index in [1.54, 1.807) is 13.0 Å². The van der Waals surface area contributed by atoms with Gasteiger partial charge in [-0.15, -0.1) is 0 Å². The smallest absolute Gasteiger partial charge is 0.416 e. The van der Waals surface area contributed by atoms with Gasteiger partial charge >= 0.3 is 12.1 Å². The Kier molecular flexibility index (Phi) is 6.24. The third-order valence-corrected chi connectivity index (χ3v) is 4.07. The van der Waals surface area contributed by atoms with Crippen molar-refractivity contribution in [3.8, 4) is 17.2 Å². The first-order chi connectivity index (χ1) is 14.6. The Labute approximate surface area is 175 Å². The topological polar surface area (TPSA) is 77.5 Å². The van der Waals surface area contributed by atoms with E-state index in [-0.39, 0.29) is 22.9 Å². The van der Waals surface area contributed by atoms with Gasteiger partial charge < -0.3 is 14.8 Å². The summed E-state index contributed by atoms with van der Waals surface area (Å²) in [4.78, 5) is 27.9. The van der Waals surface area contributed by atoms with Crippen molar-refractivity contribution >= 4 is 17.6 Å². The summed E-state index contributed by atoms with van der Waals surface area (Å²) < 4.78 is 49.0. The van der Waals surface area contributed by atoms with Crippen molar-refractivity contribution < 1.29 is 32.2 Å². The largest absolute Gasteiger partial charge is 0.457 e. The van der Waals surface area contributed by atoms with Gasteiger partial charge in [-0.05, 0) is 61.0 Å². The molecule has 1 N–H and O–H groups in total. The Morgan fingerprint density at radius 3 is 2.35 bits per heavy atom. The lowest BCUT2D eigenvalue weighted by atomic mass is 10.2. The lowest BCUT2D eigenvalue weighted by Crippen LogP contribution is -2.17. The van der Waals surface area contributed by atoms with Crippen molar-refractivity contribution in [2.24, 2.45) is 0 Å². The molecule has 1 amide bonds. The van der Waals surface area contributed by atoms with E-state index < -0.39 is 23.6 Å². The van der Waals surface area contributed by atoms with Crippen molar-refractivity contribution in [1.29, 1.82) is 0 Å². The number of esters is 1. The molecule has 0 aliphatic rings. The Balaban J connectivity index is 1.73. The van der Waals surface area contributed by atoms with Crippen LogP contribution >= 0.6 is 0 Å². The molecule has 0 aliphatic heterocycles. The van der Waals surface area contributed by atoms with Crippen LogP contribution in [0.3, 0.4) is 0 Å². The number of hydrogen-bond donors (Lipinski definition) is 1. The van der Waals surface area contributed by atoms with Gasteiger partial charge in [0.15, 0.2) is 11.4 Å². The number of carbonyl (C=O) groups excluding carboxylic acids is 2. The zero-order chi connectivity index (χ0) is 22.6. The fraction of sp³-hybridized carbons (Fsp3) is 0.136. The highest BCUT2D eigenvalue weighted by molar-refractivity contribution is 6.05. The predicted octanol–water partition coefficient (Wildman–Crippen LogP) is 5.38. The van der Waals surface area contributed by atoms with Gasteiger partial charge in [0.25, 0.3) is 5.91 Å². The van der Waals surface area contributed by atoms with E-state index in [4.69, 9.17) is 9.47 Å². The number of halogens is 3. The molecule has 0 fully saturated rings. The number of amides is 1. The molecular weight excluding hydrogens is 413 g/mol. The quantitative estimate of drug-likeness (QED) is 0.550. The Morgan fingerprint density at radius 1 is 1.00 bits per heavy atom. The van der Waals surface area contributed by atoms with Crippen LogP contribution in [0.1, 0.15) is 28.5 Å². The Hall–Kier alpha value is -3.88. The molecule has 0 atom stereocenters. The number of pyridine rings is 1. The van der Waals surface area contributed by atoms with Crippen LogP contribution in [0.2, 0.25) is 0 Å². The van der Waals surface area contributed by atoms with Crippen LogP contribution in [0.4, 0.5) is 18.9 Å². The minimum absolute atomic E-state index is 0.0293.